The highest BCUT2D eigenvalue weighted by molar-refractivity contribution is 5.93. The second-order valence-electron chi connectivity index (χ2n) is 10.2. The fourth-order valence-corrected chi connectivity index (χ4v) is 4.84. The molecule has 1 saturated heterocycles. The van der Waals surface area contributed by atoms with Gasteiger partial charge in [0.2, 0.25) is 5.43 Å². The molecule has 0 unspecified atom stereocenters. The minimum absolute atomic E-state index is 0.0612. The van der Waals surface area contributed by atoms with Crippen molar-refractivity contribution < 1.29 is 23.8 Å². The van der Waals surface area contributed by atoms with Crippen LogP contribution in [0.15, 0.2) is 47.4 Å². The Kier molecular flexibility index (Phi) is 6.83. The molecule has 1 aliphatic heterocycles. The molecule has 0 spiro atoms. The standard InChI is InChI=1S/C28H31FN4O5/c1-17(30(2)3)18-5-4-6-20(13-18)38-28(37)32-11-9-31(10-12-32)25-15-24-21(14-23(25)29)26(34)22(27(35)36)16-33(24)19-7-8-19/h4-6,13-17,19H,7-12H2,1-3H3,(H,35,36)/t17-/m0/s1. The number of anilines is 1. The number of fused-ring (bicyclic) bond motifs is 1. The molecule has 0 radical (unpaired) electrons. The molecule has 2 heterocycles. The third kappa shape index (κ3) is 4.96. The number of halogens is 1. The number of hydrogen-bond donors (Lipinski definition) is 1. The Morgan fingerprint density at radius 2 is 1.82 bits per heavy atom. The van der Waals surface area contributed by atoms with E-state index in [2.05, 4.69) is 11.8 Å². The van der Waals surface area contributed by atoms with E-state index in [1.807, 2.05) is 37.2 Å². The van der Waals surface area contributed by atoms with Gasteiger partial charge in [-0.3, -0.25) is 4.79 Å². The number of aromatic nitrogens is 1. The van der Waals surface area contributed by atoms with Crippen LogP contribution in [0.2, 0.25) is 0 Å². The molecule has 0 bridgehead atoms. The summed E-state index contributed by atoms with van der Waals surface area (Å²) < 4.78 is 22.6. The lowest BCUT2D eigenvalue weighted by molar-refractivity contribution is 0.0694. The first kappa shape index (κ1) is 25.7. The van der Waals surface area contributed by atoms with Crippen molar-refractivity contribution in [2.45, 2.75) is 31.8 Å². The maximum atomic E-state index is 15.2. The van der Waals surface area contributed by atoms with Crippen molar-refractivity contribution in [1.82, 2.24) is 14.4 Å². The zero-order valence-electron chi connectivity index (χ0n) is 21.7. The van der Waals surface area contributed by atoms with Crippen molar-refractivity contribution in [3.05, 3.63) is 69.8 Å². The zero-order valence-corrected chi connectivity index (χ0v) is 21.7. The van der Waals surface area contributed by atoms with Gasteiger partial charge in [-0.2, -0.15) is 0 Å². The number of rotatable bonds is 6. The van der Waals surface area contributed by atoms with Crippen molar-refractivity contribution in [3.63, 3.8) is 0 Å². The molecule has 3 aromatic rings. The summed E-state index contributed by atoms with van der Waals surface area (Å²) in [6.45, 7) is 3.53. The van der Waals surface area contributed by atoms with Crippen LogP contribution in [0.4, 0.5) is 14.9 Å². The maximum absolute atomic E-state index is 15.2. The number of aromatic carboxylic acids is 1. The molecular weight excluding hydrogens is 491 g/mol. The third-order valence-electron chi connectivity index (χ3n) is 7.47. The Bertz CT molecular complexity index is 1460. The van der Waals surface area contributed by atoms with Gasteiger partial charge >= 0.3 is 12.1 Å². The van der Waals surface area contributed by atoms with Gasteiger partial charge in [0, 0.05) is 49.8 Å². The second-order valence-corrected chi connectivity index (χ2v) is 10.2. The summed E-state index contributed by atoms with van der Waals surface area (Å²) in [5.41, 5.74) is 0.842. The number of amides is 1. The number of hydrogen-bond acceptors (Lipinski definition) is 6. The Morgan fingerprint density at radius 3 is 2.45 bits per heavy atom. The van der Waals surface area contributed by atoms with Crippen molar-refractivity contribution in [1.29, 1.82) is 0 Å². The average Bonchev–Trinajstić information content (AvgIpc) is 3.74. The molecule has 1 atom stereocenters. The van der Waals surface area contributed by atoms with Crippen LogP contribution < -0.4 is 15.1 Å². The Hall–Kier alpha value is -3.92. The summed E-state index contributed by atoms with van der Waals surface area (Å²) in [6.07, 6.45) is 2.67. The average molecular weight is 523 g/mol. The molecule has 1 saturated carbocycles. The monoisotopic (exact) mass is 522 g/mol. The quantitative estimate of drug-likeness (QED) is 0.520. The van der Waals surface area contributed by atoms with Crippen LogP contribution in [0.5, 0.6) is 5.75 Å². The highest BCUT2D eigenvalue weighted by Gasteiger charge is 2.29. The number of piperazine rings is 1. The first-order valence-corrected chi connectivity index (χ1v) is 12.7. The first-order chi connectivity index (χ1) is 18.1. The predicted octanol–water partition coefficient (Wildman–Crippen LogP) is 4.12. The number of nitrogens with zero attached hydrogens (tertiary/aromatic N) is 4. The van der Waals surface area contributed by atoms with Gasteiger partial charge in [-0.05, 0) is 63.7 Å². The van der Waals surface area contributed by atoms with Gasteiger partial charge < -0.3 is 29.1 Å². The fraction of sp³-hybridized carbons (Fsp3) is 0.393. The second kappa shape index (κ2) is 10.1. The van der Waals surface area contributed by atoms with E-state index in [1.54, 1.807) is 21.6 Å². The number of ether oxygens (including phenoxy) is 1. The van der Waals surface area contributed by atoms with E-state index in [1.165, 1.54) is 6.20 Å². The SMILES string of the molecule is C[C@@H](c1cccc(OC(=O)N2CCN(c3cc4c(cc3F)c(=O)c(C(=O)O)cn4C3CC3)CC2)c1)N(C)C. The van der Waals surface area contributed by atoms with E-state index in [9.17, 15) is 19.5 Å². The van der Waals surface area contributed by atoms with Gasteiger partial charge in [0.15, 0.2) is 0 Å². The molecule has 9 nitrogen and oxygen atoms in total. The van der Waals surface area contributed by atoms with E-state index in [-0.39, 0.29) is 23.0 Å². The summed E-state index contributed by atoms with van der Waals surface area (Å²) in [5.74, 6) is -1.44. The summed E-state index contributed by atoms with van der Waals surface area (Å²) in [4.78, 5) is 42.6. The van der Waals surface area contributed by atoms with E-state index < -0.39 is 23.3 Å². The van der Waals surface area contributed by atoms with Gasteiger partial charge in [-0.15, -0.1) is 0 Å². The number of carboxylic acids is 1. The Labute approximate surface area is 219 Å². The molecular formula is C28H31FN4O5. The number of carbonyl (C=O) groups excluding carboxylic acids is 1. The first-order valence-electron chi connectivity index (χ1n) is 12.7. The fourth-order valence-electron chi connectivity index (χ4n) is 4.84. The number of carbonyl (C=O) groups is 2. The Morgan fingerprint density at radius 1 is 1.11 bits per heavy atom. The highest BCUT2D eigenvalue weighted by atomic mass is 19.1. The topological polar surface area (TPSA) is 95.3 Å². The van der Waals surface area contributed by atoms with Crippen LogP contribution in [0.25, 0.3) is 10.9 Å². The number of carboxylic acid groups (broad SMARTS) is 1. The van der Waals surface area contributed by atoms with Crippen LogP contribution in [-0.4, -0.2) is 71.8 Å². The van der Waals surface area contributed by atoms with Gasteiger partial charge in [0.1, 0.15) is 17.1 Å². The Balaban J connectivity index is 1.32. The third-order valence-corrected chi connectivity index (χ3v) is 7.47. The van der Waals surface area contributed by atoms with E-state index in [0.717, 1.165) is 24.5 Å². The van der Waals surface area contributed by atoms with Crippen LogP contribution >= 0.6 is 0 Å². The van der Waals surface area contributed by atoms with E-state index >= 15 is 4.39 Å². The van der Waals surface area contributed by atoms with Gasteiger partial charge in [0.05, 0.1) is 11.2 Å². The van der Waals surface area contributed by atoms with Crippen LogP contribution in [-0.2, 0) is 0 Å². The molecule has 38 heavy (non-hydrogen) atoms. The lowest BCUT2D eigenvalue weighted by Gasteiger charge is -2.35. The summed E-state index contributed by atoms with van der Waals surface area (Å²) in [6, 6.07) is 10.5. The molecule has 1 amide bonds. The lowest BCUT2D eigenvalue weighted by Crippen LogP contribution is -2.49. The van der Waals surface area contributed by atoms with Crippen molar-refractivity contribution in [3.8, 4) is 5.75 Å². The summed E-state index contributed by atoms with van der Waals surface area (Å²) >= 11 is 0. The molecule has 2 aliphatic rings. The molecule has 2 fully saturated rings. The largest absolute Gasteiger partial charge is 0.477 e. The van der Waals surface area contributed by atoms with Crippen molar-refractivity contribution >= 4 is 28.7 Å². The number of pyridine rings is 1. The number of benzene rings is 2. The molecule has 2 aromatic carbocycles. The van der Waals surface area contributed by atoms with Crippen LogP contribution in [0, 0.1) is 5.82 Å². The molecule has 5 rings (SSSR count). The van der Waals surface area contributed by atoms with Crippen LogP contribution in [0.1, 0.15) is 47.8 Å². The summed E-state index contributed by atoms with van der Waals surface area (Å²) in [5, 5.41) is 9.50. The van der Waals surface area contributed by atoms with Crippen molar-refractivity contribution in [2.24, 2.45) is 0 Å². The molecule has 1 N–H and O–H groups in total. The predicted molar refractivity (Wildman–Crippen MR) is 142 cm³/mol. The van der Waals surface area contributed by atoms with Gasteiger partial charge in [0.25, 0.3) is 0 Å². The highest BCUT2D eigenvalue weighted by Crippen LogP contribution is 2.38. The normalized spacial score (nSPS) is 16.7. The minimum Gasteiger partial charge on any atom is -0.477 e. The molecule has 1 aromatic heterocycles. The minimum atomic E-state index is -1.32. The zero-order chi connectivity index (χ0) is 27.1. The van der Waals surface area contributed by atoms with E-state index in [0.29, 0.717) is 43.1 Å². The maximum Gasteiger partial charge on any atom is 0.415 e. The van der Waals surface area contributed by atoms with Gasteiger partial charge in [-0.25, -0.2) is 14.0 Å². The molecule has 10 heteroatoms. The van der Waals surface area contributed by atoms with Gasteiger partial charge in [-0.1, -0.05) is 12.1 Å². The lowest BCUT2D eigenvalue weighted by atomic mass is 10.1. The smallest absolute Gasteiger partial charge is 0.415 e. The van der Waals surface area contributed by atoms with Crippen molar-refractivity contribution in [2.75, 3.05) is 45.2 Å². The van der Waals surface area contributed by atoms with E-state index in [4.69, 9.17) is 4.74 Å². The summed E-state index contributed by atoms with van der Waals surface area (Å²) in [7, 11) is 3.97. The van der Waals surface area contributed by atoms with Crippen LogP contribution in [0.3, 0.4) is 0 Å². The molecule has 1 aliphatic carbocycles. The molecule has 200 valence electrons.